The lowest BCUT2D eigenvalue weighted by Crippen LogP contribution is -2.13. The molecule has 21 heavy (non-hydrogen) atoms. The minimum Gasteiger partial charge on any atom is -0.361 e. The Morgan fingerprint density at radius 1 is 0.952 bits per heavy atom. The summed E-state index contributed by atoms with van der Waals surface area (Å²) in [6.07, 6.45) is 1.72. The second kappa shape index (κ2) is 4.97. The number of anilines is 1. The van der Waals surface area contributed by atoms with Crippen molar-refractivity contribution in [3.05, 3.63) is 65.6 Å². The van der Waals surface area contributed by atoms with Crippen LogP contribution in [0.25, 0.3) is 10.9 Å². The summed E-state index contributed by atoms with van der Waals surface area (Å²) in [5, 5.41) is 3.14. The lowest BCUT2D eigenvalue weighted by Gasteiger charge is -2.07. The standard InChI is InChI=1S/C15H9F3N2O/c16-10-6-12(18)14(7-11(10)17)20-15(21)9-2-1-8-3-4-19-13(8)5-9/h1-7,19H,(H,20,21). The van der Waals surface area contributed by atoms with Crippen molar-refractivity contribution >= 4 is 22.5 Å². The average Bonchev–Trinajstić information content (AvgIpc) is 2.92. The van der Waals surface area contributed by atoms with Gasteiger partial charge in [0.2, 0.25) is 0 Å². The van der Waals surface area contributed by atoms with E-state index in [9.17, 15) is 18.0 Å². The number of halogens is 3. The fourth-order valence-electron chi connectivity index (χ4n) is 2.00. The molecule has 1 aromatic heterocycles. The van der Waals surface area contributed by atoms with Crippen molar-refractivity contribution in [3.63, 3.8) is 0 Å². The van der Waals surface area contributed by atoms with Crippen LogP contribution < -0.4 is 5.32 Å². The first-order valence-electron chi connectivity index (χ1n) is 6.07. The molecule has 0 atom stereocenters. The first-order chi connectivity index (χ1) is 10.0. The number of fused-ring (bicyclic) bond motifs is 1. The second-order valence-corrected chi connectivity index (χ2v) is 4.48. The number of benzene rings is 2. The third kappa shape index (κ3) is 2.47. The zero-order valence-corrected chi connectivity index (χ0v) is 10.6. The van der Waals surface area contributed by atoms with E-state index in [4.69, 9.17) is 0 Å². The van der Waals surface area contributed by atoms with E-state index in [2.05, 4.69) is 10.3 Å². The maximum absolute atomic E-state index is 13.5. The Bertz CT molecular complexity index is 842. The van der Waals surface area contributed by atoms with Gasteiger partial charge in [-0.25, -0.2) is 13.2 Å². The molecule has 0 aliphatic carbocycles. The fourth-order valence-corrected chi connectivity index (χ4v) is 2.00. The van der Waals surface area contributed by atoms with Gasteiger partial charge in [0.05, 0.1) is 5.69 Å². The molecule has 0 saturated carbocycles. The third-order valence-electron chi connectivity index (χ3n) is 3.08. The highest BCUT2D eigenvalue weighted by Crippen LogP contribution is 2.20. The molecule has 0 spiro atoms. The van der Waals surface area contributed by atoms with Crippen LogP contribution in [0.15, 0.2) is 42.6 Å². The van der Waals surface area contributed by atoms with Crippen LogP contribution in [0, 0.1) is 17.5 Å². The van der Waals surface area contributed by atoms with Gasteiger partial charge in [-0.1, -0.05) is 6.07 Å². The number of hydrogen-bond acceptors (Lipinski definition) is 1. The molecule has 2 N–H and O–H groups in total. The van der Waals surface area contributed by atoms with Gasteiger partial charge in [-0.05, 0) is 23.6 Å². The van der Waals surface area contributed by atoms with Crippen LogP contribution in [0.4, 0.5) is 18.9 Å². The maximum atomic E-state index is 13.5. The van der Waals surface area contributed by atoms with Crippen LogP contribution in [-0.2, 0) is 0 Å². The number of nitrogens with one attached hydrogen (secondary N) is 2. The molecule has 0 aliphatic heterocycles. The molecule has 0 saturated heterocycles. The van der Waals surface area contributed by atoms with Gasteiger partial charge in [0.15, 0.2) is 11.6 Å². The zero-order valence-electron chi connectivity index (χ0n) is 10.6. The number of aromatic amines is 1. The molecule has 0 radical (unpaired) electrons. The topological polar surface area (TPSA) is 44.9 Å². The van der Waals surface area contributed by atoms with E-state index < -0.39 is 29.0 Å². The van der Waals surface area contributed by atoms with Crippen LogP contribution in [-0.4, -0.2) is 10.9 Å². The van der Waals surface area contributed by atoms with Crippen LogP contribution >= 0.6 is 0 Å². The van der Waals surface area contributed by atoms with Gasteiger partial charge in [0, 0.05) is 29.4 Å². The summed E-state index contributed by atoms with van der Waals surface area (Å²) in [6.45, 7) is 0. The van der Waals surface area contributed by atoms with Crippen molar-refractivity contribution in [2.75, 3.05) is 5.32 Å². The van der Waals surface area contributed by atoms with E-state index in [1.54, 1.807) is 24.4 Å². The monoisotopic (exact) mass is 290 g/mol. The molecule has 1 amide bonds. The number of H-pyrrole nitrogens is 1. The molecule has 3 nitrogen and oxygen atoms in total. The quantitative estimate of drug-likeness (QED) is 0.692. The van der Waals surface area contributed by atoms with Gasteiger partial charge >= 0.3 is 0 Å². The van der Waals surface area contributed by atoms with E-state index in [-0.39, 0.29) is 5.56 Å². The highest BCUT2D eigenvalue weighted by atomic mass is 19.2. The molecule has 2 aromatic carbocycles. The maximum Gasteiger partial charge on any atom is 0.255 e. The van der Waals surface area contributed by atoms with Gasteiger partial charge < -0.3 is 10.3 Å². The summed E-state index contributed by atoms with van der Waals surface area (Å²) in [5.41, 5.74) is 0.605. The van der Waals surface area contributed by atoms with Gasteiger partial charge in [-0.3, -0.25) is 4.79 Å². The SMILES string of the molecule is O=C(Nc1cc(F)c(F)cc1F)c1ccc2cc[nH]c2c1. The van der Waals surface area contributed by atoms with E-state index in [1.165, 1.54) is 0 Å². The zero-order chi connectivity index (χ0) is 15.0. The number of aromatic nitrogens is 1. The lowest BCUT2D eigenvalue weighted by molar-refractivity contribution is 0.102. The molecule has 0 aliphatic rings. The fraction of sp³-hybridized carbons (Fsp3) is 0. The Kier molecular flexibility index (Phi) is 3.13. The molecule has 6 heteroatoms. The van der Waals surface area contributed by atoms with Crippen molar-refractivity contribution in [1.29, 1.82) is 0 Å². The predicted octanol–water partition coefficient (Wildman–Crippen LogP) is 3.84. The summed E-state index contributed by atoms with van der Waals surface area (Å²) in [6, 6.07) is 7.70. The summed E-state index contributed by atoms with van der Waals surface area (Å²) in [4.78, 5) is 15.0. The van der Waals surface area contributed by atoms with Gasteiger partial charge in [-0.15, -0.1) is 0 Å². The highest BCUT2D eigenvalue weighted by molar-refractivity contribution is 6.06. The lowest BCUT2D eigenvalue weighted by atomic mass is 10.1. The Morgan fingerprint density at radius 3 is 2.52 bits per heavy atom. The normalized spacial score (nSPS) is 10.8. The molecular formula is C15H9F3N2O. The summed E-state index contributed by atoms with van der Waals surface area (Å²) in [5.74, 6) is -4.19. The van der Waals surface area contributed by atoms with E-state index in [1.807, 2.05) is 6.07 Å². The molecule has 3 rings (SSSR count). The Balaban J connectivity index is 1.90. The molecule has 106 valence electrons. The number of amides is 1. The van der Waals surface area contributed by atoms with Crippen molar-refractivity contribution in [1.82, 2.24) is 4.98 Å². The number of hydrogen-bond donors (Lipinski definition) is 2. The van der Waals surface area contributed by atoms with Crippen LogP contribution in [0.2, 0.25) is 0 Å². The predicted molar refractivity (Wildman–Crippen MR) is 72.6 cm³/mol. The van der Waals surface area contributed by atoms with Crippen LogP contribution in [0.1, 0.15) is 10.4 Å². The Labute approximate surface area is 117 Å². The minimum absolute atomic E-state index is 0.272. The largest absolute Gasteiger partial charge is 0.361 e. The van der Waals surface area contributed by atoms with Crippen LogP contribution in [0.5, 0.6) is 0 Å². The van der Waals surface area contributed by atoms with Crippen molar-refractivity contribution in [2.45, 2.75) is 0 Å². The number of carbonyl (C=O) groups excluding carboxylic acids is 1. The van der Waals surface area contributed by atoms with E-state index >= 15 is 0 Å². The van der Waals surface area contributed by atoms with Crippen molar-refractivity contribution < 1.29 is 18.0 Å². The second-order valence-electron chi connectivity index (χ2n) is 4.48. The average molecular weight is 290 g/mol. The van der Waals surface area contributed by atoms with E-state index in [0.717, 1.165) is 10.9 Å². The van der Waals surface area contributed by atoms with Crippen molar-refractivity contribution in [2.24, 2.45) is 0 Å². The van der Waals surface area contributed by atoms with Crippen molar-refractivity contribution in [3.8, 4) is 0 Å². The minimum atomic E-state index is -1.31. The number of rotatable bonds is 2. The van der Waals surface area contributed by atoms with Gasteiger partial charge in [0.1, 0.15) is 5.82 Å². The summed E-state index contributed by atoms with van der Waals surface area (Å²) >= 11 is 0. The van der Waals surface area contributed by atoms with Crippen LogP contribution in [0.3, 0.4) is 0 Å². The molecule has 0 unspecified atom stereocenters. The van der Waals surface area contributed by atoms with E-state index in [0.29, 0.717) is 12.1 Å². The molecule has 3 aromatic rings. The summed E-state index contributed by atoms with van der Waals surface area (Å²) < 4.78 is 39.4. The molecular weight excluding hydrogens is 281 g/mol. The molecule has 0 fully saturated rings. The molecule has 1 heterocycles. The number of carbonyl (C=O) groups is 1. The Morgan fingerprint density at radius 2 is 1.71 bits per heavy atom. The highest BCUT2D eigenvalue weighted by Gasteiger charge is 2.13. The Hall–Kier alpha value is -2.76. The third-order valence-corrected chi connectivity index (χ3v) is 3.08. The first kappa shape index (κ1) is 13.2. The smallest absolute Gasteiger partial charge is 0.255 e. The van der Waals surface area contributed by atoms with Gasteiger partial charge in [-0.2, -0.15) is 0 Å². The van der Waals surface area contributed by atoms with Gasteiger partial charge in [0.25, 0.3) is 5.91 Å². The summed E-state index contributed by atoms with van der Waals surface area (Å²) in [7, 11) is 0. The first-order valence-corrected chi connectivity index (χ1v) is 6.07. The molecule has 0 bridgehead atoms.